The van der Waals surface area contributed by atoms with Crippen LogP contribution < -0.4 is 14.8 Å². The van der Waals surface area contributed by atoms with E-state index in [1.165, 1.54) is 28.8 Å². The second kappa shape index (κ2) is 11.0. The van der Waals surface area contributed by atoms with E-state index in [4.69, 9.17) is 26.8 Å². The van der Waals surface area contributed by atoms with Crippen LogP contribution in [0.3, 0.4) is 0 Å². The zero-order chi connectivity index (χ0) is 24.8. The molecule has 0 unspecified atom stereocenters. The maximum absolute atomic E-state index is 12.8. The molecule has 0 radical (unpaired) electrons. The topological polar surface area (TPSA) is 125 Å². The molecule has 178 valence electrons. The highest BCUT2D eigenvalue weighted by atomic mass is 32.2. The van der Waals surface area contributed by atoms with Gasteiger partial charge >= 0.3 is 5.97 Å². The average molecular weight is 503 g/mol. The fraction of sp³-hybridized carbons (Fsp3) is 0.217. The van der Waals surface area contributed by atoms with Gasteiger partial charge in [0, 0.05) is 24.7 Å². The number of hydrogen-bond acceptors (Lipinski definition) is 8. The van der Waals surface area contributed by atoms with Gasteiger partial charge in [-0.05, 0) is 36.2 Å². The van der Waals surface area contributed by atoms with Crippen LogP contribution in [0.2, 0.25) is 0 Å². The van der Waals surface area contributed by atoms with Crippen molar-refractivity contribution >= 4 is 51.8 Å². The van der Waals surface area contributed by atoms with Crippen LogP contribution in [-0.4, -0.2) is 58.0 Å². The lowest BCUT2D eigenvalue weighted by atomic mass is 10.1. The molecule has 0 bridgehead atoms. The van der Waals surface area contributed by atoms with Crippen LogP contribution in [0.1, 0.15) is 22.3 Å². The fourth-order valence-electron chi connectivity index (χ4n) is 3.18. The van der Waals surface area contributed by atoms with Crippen molar-refractivity contribution in [1.82, 2.24) is 4.90 Å². The second-order valence-corrected chi connectivity index (χ2v) is 8.80. The number of phenols is 1. The molecule has 1 aliphatic rings. The van der Waals surface area contributed by atoms with E-state index in [0.29, 0.717) is 27.1 Å². The van der Waals surface area contributed by atoms with E-state index in [1.807, 2.05) is 12.1 Å². The number of aromatic carboxylic acids is 1. The van der Waals surface area contributed by atoms with E-state index < -0.39 is 17.6 Å². The van der Waals surface area contributed by atoms with E-state index in [9.17, 15) is 19.5 Å². The summed E-state index contributed by atoms with van der Waals surface area (Å²) in [5, 5.41) is 21.3. The van der Waals surface area contributed by atoms with Gasteiger partial charge in [-0.25, -0.2) is 4.79 Å². The number of hydrogen-bond donors (Lipinski definition) is 3. The highest BCUT2D eigenvalue weighted by Crippen LogP contribution is 2.32. The molecule has 2 aromatic carbocycles. The standard InChI is InChI=1S/C23H22N2O7S2/c1-31-17-7-3-13(11-18(17)32-2)4-8-19-21(28)25(23(33)34-19)10-9-20(27)24-14-5-6-15(22(29)30)16(26)12-14/h3,5-8,11-12,26H,4,9-10H2,1-2H3,(H,24,27)(H,29,30)/b19-8-. The third-order valence-corrected chi connectivity index (χ3v) is 6.35. The molecule has 1 saturated heterocycles. The van der Waals surface area contributed by atoms with Gasteiger partial charge in [0.15, 0.2) is 11.5 Å². The van der Waals surface area contributed by atoms with Crippen molar-refractivity contribution in [3.63, 3.8) is 0 Å². The molecule has 34 heavy (non-hydrogen) atoms. The predicted molar refractivity (Wildman–Crippen MR) is 132 cm³/mol. The number of carboxylic acid groups (broad SMARTS) is 1. The van der Waals surface area contributed by atoms with Crippen LogP contribution in [0.4, 0.5) is 5.69 Å². The Hall–Kier alpha value is -3.57. The summed E-state index contributed by atoms with van der Waals surface area (Å²) in [5.74, 6) is -1.20. The van der Waals surface area contributed by atoms with Gasteiger partial charge in [-0.2, -0.15) is 0 Å². The van der Waals surface area contributed by atoms with Gasteiger partial charge in [0.2, 0.25) is 5.91 Å². The number of ether oxygens (including phenoxy) is 2. The van der Waals surface area contributed by atoms with E-state index in [1.54, 1.807) is 26.4 Å². The maximum Gasteiger partial charge on any atom is 0.339 e. The quantitative estimate of drug-likeness (QED) is 0.349. The summed E-state index contributed by atoms with van der Waals surface area (Å²) >= 11 is 6.48. The third-order valence-electron chi connectivity index (χ3n) is 4.92. The van der Waals surface area contributed by atoms with Crippen molar-refractivity contribution in [2.24, 2.45) is 0 Å². The molecule has 1 aliphatic heterocycles. The second-order valence-electron chi connectivity index (χ2n) is 7.12. The molecule has 11 heteroatoms. The Kier molecular flexibility index (Phi) is 8.13. The van der Waals surface area contributed by atoms with Crippen LogP contribution in [0, 0.1) is 0 Å². The van der Waals surface area contributed by atoms with Gasteiger partial charge < -0.3 is 25.0 Å². The Morgan fingerprint density at radius 3 is 2.53 bits per heavy atom. The monoisotopic (exact) mass is 502 g/mol. The summed E-state index contributed by atoms with van der Waals surface area (Å²) in [6, 6.07) is 9.22. The van der Waals surface area contributed by atoms with Crippen molar-refractivity contribution in [3.05, 3.63) is 58.5 Å². The molecule has 3 rings (SSSR count). The zero-order valence-corrected chi connectivity index (χ0v) is 20.0. The first kappa shape index (κ1) is 25.1. The minimum atomic E-state index is -1.27. The van der Waals surface area contributed by atoms with Gasteiger partial charge in [0.1, 0.15) is 15.6 Å². The predicted octanol–water partition coefficient (Wildman–Crippen LogP) is 3.42. The number of amides is 2. The summed E-state index contributed by atoms with van der Waals surface area (Å²) in [6.45, 7) is 0.0867. The van der Waals surface area contributed by atoms with E-state index >= 15 is 0 Å². The average Bonchev–Trinajstić information content (AvgIpc) is 3.08. The molecular weight excluding hydrogens is 480 g/mol. The van der Waals surface area contributed by atoms with Crippen LogP contribution in [0.15, 0.2) is 47.4 Å². The molecule has 1 heterocycles. The molecule has 1 fully saturated rings. The van der Waals surface area contributed by atoms with Crippen molar-refractivity contribution in [1.29, 1.82) is 0 Å². The minimum absolute atomic E-state index is 0.0309. The summed E-state index contributed by atoms with van der Waals surface area (Å²) in [6.07, 6.45) is 2.24. The Labute approximate surface area is 205 Å². The number of aromatic hydroxyl groups is 1. The number of benzene rings is 2. The van der Waals surface area contributed by atoms with E-state index in [2.05, 4.69) is 5.32 Å². The smallest absolute Gasteiger partial charge is 0.339 e. The number of methoxy groups -OCH3 is 2. The molecule has 0 saturated carbocycles. The van der Waals surface area contributed by atoms with Crippen molar-refractivity contribution in [3.8, 4) is 17.2 Å². The van der Waals surface area contributed by atoms with Gasteiger partial charge in [0.25, 0.3) is 5.91 Å². The van der Waals surface area contributed by atoms with Crippen LogP contribution in [-0.2, 0) is 16.0 Å². The van der Waals surface area contributed by atoms with Crippen molar-refractivity contribution in [2.45, 2.75) is 12.8 Å². The summed E-state index contributed by atoms with van der Waals surface area (Å²) in [5.41, 5.74) is 0.905. The van der Waals surface area contributed by atoms with Gasteiger partial charge in [-0.1, -0.05) is 36.1 Å². The SMILES string of the molecule is COc1ccc(C/C=C2\SC(=S)N(CCC(=O)Nc3ccc(C(=O)O)c(O)c3)C2=O)cc1OC. The summed E-state index contributed by atoms with van der Waals surface area (Å²) in [7, 11) is 3.11. The van der Waals surface area contributed by atoms with Crippen molar-refractivity contribution in [2.75, 3.05) is 26.1 Å². The highest BCUT2D eigenvalue weighted by molar-refractivity contribution is 8.26. The lowest BCUT2D eigenvalue weighted by Gasteiger charge is -2.14. The van der Waals surface area contributed by atoms with Crippen molar-refractivity contribution < 1.29 is 34.1 Å². The molecule has 9 nitrogen and oxygen atoms in total. The molecular formula is C23H22N2O7S2. The molecule has 2 amide bonds. The van der Waals surface area contributed by atoms with E-state index in [0.717, 1.165) is 11.6 Å². The van der Waals surface area contributed by atoms with Gasteiger partial charge in [-0.15, -0.1) is 0 Å². The first-order valence-electron chi connectivity index (χ1n) is 10.0. The Morgan fingerprint density at radius 2 is 1.88 bits per heavy atom. The first-order valence-corrected chi connectivity index (χ1v) is 11.3. The molecule has 3 N–H and O–H groups in total. The normalized spacial score (nSPS) is 14.4. The number of carbonyl (C=O) groups is 3. The first-order chi connectivity index (χ1) is 16.2. The molecule has 0 atom stereocenters. The Morgan fingerprint density at radius 1 is 1.15 bits per heavy atom. The fourth-order valence-corrected chi connectivity index (χ4v) is 4.46. The lowest BCUT2D eigenvalue weighted by molar-refractivity contribution is -0.122. The summed E-state index contributed by atoms with van der Waals surface area (Å²) in [4.78, 5) is 37.9. The Bertz CT molecular complexity index is 1180. The molecule has 0 aromatic heterocycles. The number of rotatable bonds is 9. The zero-order valence-electron chi connectivity index (χ0n) is 18.4. The number of nitrogens with one attached hydrogen (secondary N) is 1. The number of allylic oxidation sites excluding steroid dienone is 1. The Balaban J connectivity index is 1.58. The molecule has 2 aromatic rings. The summed E-state index contributed by atoms with van der Waals surface area (Å²) < 4.78 is 10.9. The number of thioether (sulfide) groups is 1. The third kappa shape index (κ3) is 5.86. The number of thiocarbonyl (C=S) groups is 1. The highest BCUT2D eigenvalue weighted by Gasteiger charge is 2.31. The van der Waals surface area contributed by atoms with Crippen LogP contribution >= 0.6 is 24.0 Å². The maximum atomic E-state index is 12.8. The molecule has 0 aliphatic carbocycles. The van der Waals surface area contributed by atoms with Gasteiger partial charge in [-0.3, -0.25) is 14.5 Å². The molecule has 0 spiro atoms. The number of carbonyl (C=O) groups excluding carboxylic acids is 2. The number of nitrogens with zero attached hydrogens (tertiary/aromatic N) is 1. The largest absolute Gasteiger partial charge is 0.507 e. The van der Waals surface area contributed by atoms with E-state index in [-0.39, 0.29) is 30.1 Å². The number of carboxylic acids is 1. The van der Waals surface area contributed by atoms with Crippen LogP contribution in [0.25, 0.3) is 0 Å². The van der Waals surface area contributed by atoms with Crippen LogP contribution in [0.5, 0.6) is 17.2 Å². The lowest BCUT2D eigenvalue weighted by Crippen LogP contribution is -2.31. The number of anilines is 1. The minimum Gasteiger partial charge on any atom is -0.507 e. The van der Waals surface area contributed by atoms with Gasteiger partial charge in [0.05, 0.1) is 19.1 Å².